The number of nitrogens with two attached hydrogens (primary N) is 1. The number of nitrogens with zero attached hydrogens (tertiary/aromatic N) is 2. The molecule has 0 bridgehead atoms. The molecule has 2 heterocycles. The summed E-state index contributed by atoms with van der Waals surface area (Å²) in [4.78, 5) is 18.4. The summed E-state index contributed by atoms with van der Waals surface area (Å²) in [6.45, 7) is 1.25. The zero-order chi connectivity index (χ0) is 14.8. The molecular formula is C15H16ClN3O2. The lowest BCUT2D eigenvalue weighted by molar-refractivity contribution is 0.0704. The normalized spacial score (nSPS) is 18.8. The molecule has 2 N–H and O–H groups in total. The second-order valence-electron chi connectivity index (χ2n) is 5.16. The molecule has 6 heteroatoms. The van der Waals surface area contributed by atoms with Gasteiger partial charge in [0, 0.05) is 24.7 Å². The lowest BCUT2D eigenvalue weighted by Gasteiger charge is -2.30. The van der Waals surface area contributed by atoms with Crippen LogP contribution in [0, 0.1) is 0 Å². The topological polar surface area (TPSA) is 72.4 Å². The van der Waals surface area contributed by atoms with Crippen molar-refractivity contribution in [1.29, 1.82) is 0 Å². The first-order valence-corrected chi connectivity index (χ1v) is 7.28. The van der Waals surface area contributed by atoms with Gasteiger partial charge in [-0.25, -0.2) is 4.98 Å². The van der Waals surface area contributed by atoms with Gasteiger partial charge in [-0.1, -0.05) is 23.7 Å². The number of aromatic nitrogens is 1. The van der Waals surface area contributed by atoms with Crippen LogP contribution in [0.2, 0.25) is 5.02 Å². The van der Waals surface area contributed by atoms with Gasteiger partial charge in [0.05, 0.1) is 5.02 Å². The average molecular weight is 306 g/mol. The molecule has 21 heavy (non-hydrogen) atoms. The van der Waals surface area contributed by atoms with Gasteiger partial charge in [-0.15, -0.1) is 0 Å². The Bertz CT molecular complexity index is 656. The quantitative estimate of drug-likeness (QED) is 0.925. The van der Waals surface area contributed by atoms with Crippen LogP contribution in [-0.2, 0) is 0 Å². The van der Waals surface area contributed by atoms with Gasteiger partial charge in [-0.2, -0.15) is 0 Å². The van der Waals surface area contributed by atoms with Crippen LogP contribution in [0.25, 0.3) is 11.3 Å². The second-order valence-corrected chi connectivity index (χ2v) is 5.57. The fraction of sp³-hybridized carbons (Fsp3) is 0.333. The molecule has 0 radical (unpaired) electrons. The number of benzene rings is 1. The number of hydrogen-bond donors (Lipinski definition) is 1. The number of hydrogen-bond acceptors (Lipinski definition) is 4. The van der Waals surface area contributed by atoms with Crippen LogP contribution in [0.4, 0.5) is 0 Å². The molecule has 1 fully saturated rings. The Morgan fingerprint density at radius 2 is 2.24 bits per heavy atom. The van der Waals surface area contributed by atoms with Crippen LogP contribution in [-0.4, -0.2) is 34.9 Å². The molecule has 0 aliphatic carbocycles. The van der Waals surface area contributed by atoms with E-state index in [4.69, 9.17) is 21.8 Å². The van der Waals surface area contributed by atoms with Crippen LogP contribution in [0.1, 0.15) is 23.3 Å². The summed E-state index contributed by atoms with van der Waals surface area (Å²) in [7, 11) is 0. The summed E-state index contributed by atoms with van der Waals surface area (Å²) >= 11 is 6.17. The van der Waals surface area contributed by atoms with E-state index in [2.05, 4.69) is 4.98 Å². The van der Waals surface area contributed by atoms with Crippen LogP contribution < -0.4 is 5.73 Å². The van der Waals surface area contributed by atoms with Crippen molar-refractivity contribution in [3.05, 3.63) is 41.4 Å². The van der Waals surface area contributed by atoms with Crippen molar-refractivity contribution in [2.24, 2.45) is 5.73 Å². The van der Waals surface area contributed by atoms with E-state index < -0.39 is 0 Å². The summed E-state index contributed by atoms with van der Waals surface area (Å²) in [5, 5.41) is 0.527. The highest BCUT2D eigenvalue weighted by atomic mass is 35.5. The summed E-state index contributed by atoms with van der Waals surface area (Å²) in [6, 6.07) is 7.26. The third-order valence-corrected chi connectivity index (χ3v) is 3.96. The van der Waals surface area contributed by atoms with Gasteiger partial charge < -0.3 is 15.1 Å². The van der Waals surface area contributed by atoms with Gasteiger partial charge >= 0.3 is 0 Å². The fourth-order valence-corrected chi connectivity index (χ4v) is 2.80. The van der Waals surface area contributed by atoms with Crippen molar-refractivity contribution in [3.63, 3.8) is 0 Å². The molecule has 2 aromatic rings. The minimum absolute atomic E-state index is 0.0263. The Balaban J connectivity index is 1.92. The van der Waals surface area contributed by atoms with E-state index in [1.54, 1.807) is 11.0 Å². The Kier molecular flexibility index (Phi) is 3.94. The highest BCUT2D eigenvalue weighted by Gasteiger charge is 2.27. The lowest BCUT2D eigenvalue weighted by atomic mass is 10.1. The summed E-state index contributed by atoms with van der Waals surface area (Å²) in [6.07, 6.45) is 3.13. The van der Waals surface area contributed by atoms with Crippen LogP contribution in [0.3, 0.4) is 0 Å². The predicted octanol–water partition coefficient (Wildman–Crippen LogP) is 2.56. The molecule has 1 saturated heterocycles. The molecule has 0 saturated carbocycles. The van der Waals surface area contributed by atoms with Crippen molar-refractivity contribution < 1.29 is 9.21 Å². The monoisotopic (exact) mass is 305 g/mol. The van der Waals surface area contributed by atoms with E-state index in [9.17, 15) is 4.79 Å². The van der Waals surface area contributed by atoms with E-state index in [-0.39, 0.29) is 17.6 Å². The first-order valence-electron chi connectivity index (χ1n) is 6.90. The maximum absolute atomic E-state index is 12.6. The minimum Gasteiger partial charge on any atom is -0.443 e. The maximum atomic E-state index is 12.6. The second kappa shape index (κ2) is 5.87. The standard InChI is InChI=1S/C15H16ClN3O2/c16-12-6-2-1-5-11(12)14-13(18-9-21-14)15(20)19-7-3-4-10(17)8-19/h1-2,5-6,9-10H,3-4,7-8,17H2/t10-/m0/s1. The molecule has 1 atom stereocenters. The van der Waals surface area contributed by atoms with Crippen LogP contribution >= 0.6 is 11.6 Å². The van der Waals surface area contributed by atoms with E-state index >= 15 is 0 Å². The van der Waals surface area contributed by atoms with E-state index in [0.29, 0.717) is 29.4 Å². The Morgan fingerprint density at radius 3 is 3.00 bits per heavy atom. The van der Waals surface area contributed by atoms with Gasteiger partial charge in [0.1, 0.15) is 0 Å². The van der Waals surface area contributed by atoms with E-state index in [1.807, 2.05) is 18.2 Å². The lowest BCUT2D eigenvalue weighted by Crippen LogP contribution is -2.45. The Morgan fingerprint density at radius 1 is 1.43 bits per heavy atom. The minimum atomic E-state index is -0.159. The molecular weight excluding hydrogens is 290 g/mol. The first-order chi connectivity index (χ1) is 10.2. The van der Waals surface area contributed by atoms with Crippen molar-refractivity contribution in [2.75, 3.05) is 13.1 Å². The van der Waals surface area contributed by atoms with Gasteiger partial charge in [-0.05, 0) is 25.0 Å². The molecule has 0 spiro atoms. The zero-order valence-corrected chi connectivity index (χ0v) is 12.2. The Hall–Kier alpha value is -1.85. The third-order valence-electron chi connectivity index (χ3n) is 3.63. The smallest absolute Gasteiger partial charge is 0.276 e. The number of halogens is 1. The fourth-order valence-electron chi connectivity index (χ4n) is 2.58. The number of carbonyl (C=O) groups excluding carboxylic acids is 1. The molecule has 1 aromatic heterocycles. The van der Waals surface area contributed by atoms with Gasteiger partial charge in [0.2, 0.25) is 0 Å². The first kappa shape index (κ1) is 14.1. The third kappa shape index (κ3) is 2.80. The maximum Gasteiger partial charge on any atom is 0.276 e. The number of likely N-dealkylation sites (tertiary alicyclic amines) is 1. The summed E-state index contributed by atoms with van der Waals surface area (Å²) in [5.41, 5.74) is 6.89. The number of carbonyl (C=O) groups is 1. The molecule has 1 amide bonds. The number of rotatable bonds is 2. The highest BCUT2D eigenvalue weighted by molar-refractivity contribution is 6.33. The molecule has 110 valence electrons. The SMILES string of the molecule is N[C@H]1CCCN(C(=O)c2ncoc2-c2ccccc2Cl)C1. The predicted molar refractivity (Wildman–Crippen MR) is 80.1 cm³/mol. The molecule has 3 rings (SSSR count). The molecule has 1 aliphatic rings. The Labute approximate surface area is 127 Å². The number of piperidine rings is 1. The number of amides is 1. The van der Waals surface area contributed by atoms with Crippen molar-refractivity contribution in [2.45, 2.75) is 18.9 Å². The largest absolute Gasteiger partial charge is 0.443 e. The molecule has 1 aromatic carbocycles. The van der Waals surface area contributed by atoms with E-state index in [1.165, 1.54) is 6.39 Å². The van der Waals surface area contributed by atoms with Crippen molar-refractivity contribution in [3.8, 4) is 11.3 Å². The van der Waals surface area contributed by atoms with Crippen LogP contribution in [0.15, 0.2) is 35.1 Å². The van der Waals surface area contributed by atoms with Gasteiger partial charge in [-0.3, -0.25) is 4.79 Å². The van der Waals surface area contributed by atoms with Crippen molar-refractivity contribution >= 4 is 17.5 Å². The highest BCUT2D eigenvalue weighted by Crippen LogP contribution is 2.30. The molecule has 5 nitrogen and oxygen atoms in total. The summed E-state index contributed by atoms with van der Waals surface area (Å²) in [5.74, 6) is 0.249. The molecule has 0 unspecified atom stereocenters. The van der Waals surface area contributed by atoms with E-state index in [0.717, 1.165) is 12.8 Å². The average Bonchev–Trinajstić information content (AvgIpc) is 2.96. The summed E-state index contributed by atoms with van der Waals surface area (Å²) < 4.78 is 5.40. The van der Waals surface area contributed by atoms with Gasteiger partial charge in [0.25, 0.3) is 5.91 Å². The van der Waals surface area contributed by atoms with Crippen LogP contribution in [0.5, 0.6) is 0 Å². The van der Waals surface area contributed by atoms with Gasteiger partial charge in [0.15, 0.2) is 17.8 Å². The molecule has 1 aliphatic heterocycles. The number of oxazole rings is 1. The van der Waals surface area contributed by atoms with Crippen molar-refractivity contribution in [1.82, 2.24) is 9.88 Å². The zero-order valence-electron chi connectivity index (χ0n) is 11.5.